The predicted octanol–water partition coefficient (Wildman–Crippen LogP) is 8.79. The maximum absolute atomic E-state index is 13.4. The van der Waals surface area contributed by atoms with Gasteiger partial charge in [-0.25, -0.2) is 0 Å². The second-order valence-electron chi connectivity index (χ2n) is 8.01. The van der Waals surface area contributed by atoms with Gasteiger partial charge in [0.15, 0.2) is 0 Å². The molecule has 1 saturated carbocycles. The van der Waals surface area contributed by atoms with Crippen molar-refractivity contribution in [2.45, 2.75) is 56.0 Å². The van der Waals surface area contributed by atoms with Crippen LogP contribution in [0.3, 0.4) is 0 Å². The number of hydrogen-bond donors (Lipinski definition) is 0. The van der Waals surface area contributed by atoms with E-state index in [0.29, 0.717) is 37.1 Å². The Labute approximate surface area is 217 Å². The van der Waals surface area contributed by atoms with E-state index in [9.17, 15) is 52.7 Å². The molecular formula is C23H19F12FeP. The van der Waals surface area contributed by atoms with Gasteiger partial charge in [0.05, 0.1) is 22.3 Å². The molecule has 1 aliphatic rings. The Morgan fingerprint density at radius 3 is 1.16 bits per heavy atom. The smallest absolute Gasteiger partial charge is 0.358 e. The average Bonchev–Trinajstić information content (AvgIpc) is 2.72. The monoisotopic (exact) mass is 610 g/mol. The Balaban J connectivity index is 0.00000342. The van der Waals surface area contributed by atoms with Gasteiger partial charge in [-0.05, 0) is 60.6 Å². The summed E-state index contributed by atoms with van der Waals surface area (Å²) in [6.07, 6.45) is -17.9. The average molecular weight is 610 g/mol. The summed E-state index contributed by atoms with van der Waals surface area (Å²) < 4.78 is 161. The molecule has 0 nitrogen and oxygen atoms in total. The van der Waals surface area contributed by atoms with E-state index in [-0.39, 0.29) is 49.5 Å². The maximum Gasteiger partial charge on any atom is 2.00 e. The van der Waals surface area contributed by atoms with Crippen molar-refractivity contribution >= 4 is 18.5 Å². The molecule has 0 saturated heterocycles. The van der Waals surface area contributed by atoms with Crippen LogP contribution < -0.4 is 10.6 Å². The number of alkyl halides is 12. The fourth-order valence-corrected chi connectivity index (χ4v) is 6.94. The summed E-state index contributed by atoms with van der Waals surface area (Å²) >= 11 is 0. The zero-order valence-corrected chi connectivity index (χ0v) is 20.8. The number of rotatable bonds is 3. The van der Waals surface area contributed by atoms with Crippen molar-refractivity contribution in [3.63, 3.8) is 0 Å². The molecule has 0 bridgehead atoms. The molecule has 2 aromatic carbocycles. The molecule has 0 amide bonds. The molecule has 0 N–H and O–H groups in total. The van der Waals surface area contributed by atoms with Crippen LogP contribution in [0.1, 0.15) is 47.9 Å². The summed E-state index contributed by atoms with van der Waals surface area (Å²) in [6, 6.07) is 1.31. The summed E-state index contributed by atoms with van der Waals surface area (Å²) in [6.45, 7) is 0. The second kappa shape index (κ2) is 11.7. The van der Waals surface area contributed by atoms with E-state index in [1.54, 1.807) is 6.42 Å². The summed E-state index contributed by atoms with van der Waals surface area (Å²) in [7, 11) is -2.45. The van der Waals surface area contributed by atoms with Gasteiger partial charge >= 0.3 is 41.8 Å². The predicted molar refractivity (Wildman–Crippen MR) is 112 cm³/mol. The molecule has 1 atom stereocenters. The molecule has 14 heteroatoms. The van der Waals surface area contributed by atoms with Gasteiger partial charge in [0.25, 0.3) is 0 Å². The van der Waals surface area contributed by atoms with E-state index in [1.165, 1.54) is 0 Å². The summed E-state index contributed by atoms with van der Waals surface area (Å²) in [4.78, 5) is 0. The van der Waals surface area contributed by atoms with Crippen molar-refractivity contribution in [1.29, 1.82) is 0 Å². The maximum atomic E-state index is 13.4. The third kappa shape index (κ3) is 8.26. The van der Waals surface area contributed by atoms with E-state index in [2.05, 4.69) is 0 Å². The van der Waals surface area contributed by atoms with Crippen molar-refractivity contribution in [2.24, 2.45) is 0 Å². The molecule has 0 heterocycles. The van der Waals surface area contributed by atoms with Crippen LogP contribution in [0.25, 0.3) is 0 Å². The van der Waals surface area contributed by atoms with Gasteiger partial charge in [0.1, 0.15) is 0 Å². The van der Waals surface area contributed by atoms with E-state index < -0.39 is 71.1 Å². The minimum Gasteiger partial charge on any atom is -0.358 e. The van der Waals surface area contributed by atoms with E-state index in [4.69, 9.17) is 0 Å². The molecule has 3 rings (SSSR count). The Kier molecular flexibility index (Phi) is 10.7. The quantitative estimate of drug-likeness (QED) is 0.141. The molecule has 0 spiro atoms. The van der Waals surface area contributed by atoms with Gasteiger partial charge in [0.2, 0.25) is 0 Å². The Morgan fingerprint density at radius 2 is 0.919 bits per heavy atom. The summed E-state index contributed by atoms with van der Waals surface area (Å²) in [5.41, 5.74) is -7.47. The van der Waals surface area contributed by atoms with E-state index >= 15 is 0 Å². The number of hydrogen-bond acceptors (Lipinski definition) is 0. The molecule has 0 unspecified atom stereocenters. The SMILES string of the molecule is FC(F)(F)c1cc(P(c2cc(C(F)(F)F)cc(C(F)(F)F)c2)[C@@H]2C[CH-]CCC2)cc(C(F)(F)F)c1.[CH3-].[Fe+2]. The van der Waals surface area contributed by atoms with Crippen molar-refractivity contribution in [3.8, 4) is 0 Å². The van der Waals surface area contributed by atoms with Crippen LogP contribution >= 0.6 is 7.92 Å². The van der Waals surface area contributed by atoms with E-state index in [1.807, 2.05) is 0 Å². The standard InChI is InChI=1S/C22H16F12P.CH3.Fe/c23-19(24,25)12-6-13(20(26,27)28)9-17(8-12)35(16-4-2-1-3-5-16)18-10-14(21(29,30)31)7-15(11-18)22(32,33)34;;/h2,6-11,16H,1,3-5H2;1H3;/q2*-1;+2/t16-;;/m1../s1. The zero-order valence-electron chi connectivity index (χ0n) is 18.8. The van der Waals surface area contributed by atoms with E-state index in [0.717, 1.165) is 0 Å². The molecule has 37 heavy (non-hydrogen) atoms. The molecular weight excluding hydrogens is 591 g/mol. The van der Waals surface area contributed by atoms with Crippen molar-refractivity contribution in [3.05, 3.63) is 72.5 Å². The van der Waals surface area contributed by atoms with Crippen LogP contribution in [0.15, 0.2) is 36.4 Å². The minimum absolute atomic E-state index is 0. The third-order valence-electron chi connectivity index (χ3n) is 5.45. The molecule has 0 aliphatic heterocycles. The Morgan fingerprint density at radius 1 is 0.595 bits per heavy atom. The molecule has 0 aromatic heterocycles. The van der Waals surface area contributed by atoms with Gasteiger partial charge in [0, 0.05) is 0 Å². The Bertz CT molecular complexity index is 908. The largest absolute Gasteiger partial charge is 2.00 e. The first-order chi connectivity index (χ1) is 15.9. The normalized spacial score (nSPS) is 17.3. The molecule has 1 fully saturated rings. The van der Waals surface area contributed by atoms with Gasteiger partial charge < -0.3 is 13.8 Å². The van der Waals surface area contributed by atoms with Crippen LogP contribution in [0.4, 0.5) is 52.7 Å². The number of halogens is 12. The van der Waals surface area contributed by atoms with Gasteiger partial charge in [-0.15, -0.1) is 0 Å². The Hall–Kier alpha value is -1.45. The number of benzene rings is 2. The first-order valence-electron chi connectivity index (χ1n) is 10.1. The first-order valence-corrected chi connectivity index (χ1v) is 11.5. The fraction of sp³-hybridized carbons (Fsp3) is 0.391. The van der Waals surface area contributed by atoms with Crippen molar-refractivity contribution < 1.29 is 69.8 Å². The van der Waals surface area contributed by atoms with Crippen LogP contribution in [0, 0.1) is 13.8 Å². The van der Waals surface area contributed by atoms with Crippen molar-refractivity contribution in [2.75, 3.05) is 0 Å². The molecule has 208 valence electrons. The van der Waals surface area contributed by atoms with Crippen LogP contribution in [-0.4, -0.2) is 5.66 Å². The third-order valence-corrected chi connectivity index (χ3v) is 8.28. The van der Waals surface area contributed by atoms with Gasteiger partial charge in [-0.1, -0.05) is 12.8 Å². The second-order valence-corrected chi connectivity index (χ2v) is 10.5. The molecule has 2 aromatic rings. The van der Waals surface area contributed by atoms with Crippen molar-refractivity contribution in [1.82, 2.24) is 0 Å². The molecule has 1 aliphatic carbocycles. The van der Waals surface area contributed by atoms with Gasteiger partial charge in [-0.3, -0.25) is 0 Å². The van der Waals surface area contributed by atoms with Gasteiger partial charge in [-0.2, -0.15) is 65.5 Å². The zero-order chi connectivity index (χ0) is 26.4. The fourth-order valence-electron chi connectivity index (χ4n) is 3.89. The minimum atomic E-state index is -5.22. The summed E-state index contributed by atoms with van der Waals surface area (Å²) in [5.74, 6) is 0. The summed E-state index contributed by atoms with van der Waals surface area (Å²) in [5, 5.41) is -1.18. The molecule has 0 radical (unpaired) electrons. The van der Waals surface area contributed by atoms with Crippen LogP contribution in [0.5, 0.6) is 0 Å². The first kappa shape index (κ1) is 33.6. The van der Waals surface area contributed by atoms with Crippen LogP contribution in [-0.2, 0) is 41.8 Å². The van der Waals surface area contributed by atoms with Crippen LogP contribution in [0.2, 0.25) is 0 Å². The topological polar surface area (TPSA) is 0 Å².